The molecule has 0 aliphatic heterocycles. The third-order valence-corrected chi connectivity index (χ3v) is 3.87. The van der Waals surface area contributed by atoms with Crippen molar-refractivity contribution in [2.75, 3.05) is 0 Å². The molecule has 0 spiro atoms. The monoisotopic (exact) mass is 285 g/mol. The molecule has 3 rings (SSSR count). The lowest BCUT2D eigenvalue weighted by Crippen LogP contribution is -2.31. The van der Waals surface area contributed by atoms with Crippen LogP contribution in [0.1, 0.15) is 37.8 Å². The van der Waals surface area contributed by atoms with Crippen molar-refractivity contribution in [2.45, 2.75) is 38.6 Å². The summed E-state index contributed by atoms with van der Waals surface area (Å²) in [7, 11) is 0. The second-order valence-corrected chi connectivity index (χ2v) is 5.42. The van der Waals surface area contributed by atoms with Gasteiger partial charge in [-0.3, -0.25) is 9.78 Å². The minimum Gasteiger partial charge on any atom is -0.350 e. The Bertz CT molecular complexity index is 589. The largest absolute Gasteiger partial charge is 0.350 e. The summed E-state index contributed by atoms with van der Waals surface area (Å²) >= 11 is 0. The van der Waals surface area contributed by atoms with Crippen LogP contribution in [0.2, 0.25) is 0 Å². The number of aromatic nitrogens is 4. The minimum atomic E-state index is 0.144. The summed E-state index contributed by atoms with van der Waals surface area (Å²) in [6.45, 7) is 0.426. The maximum absolute atomic E-state index is 12.1. The van der Waals surface area contributed by atoms with Gasteiger partial charge in [-0.25, -0.2) is 4.68 Å². The summed E-state index contributed by atoms with van der Waals surface area (Å²) in [4.78, 5) is 16.1. The molecule has 1 aliphatic rings. The van der Waals surface area contributed by atoms with E-state index in [0.717, 1.165) is 37.1 Å². The quantitative estimate of drug-likeness (QED) is 0.930. The molecule has 1 N–H and O–H groups in total. The Kier molecular flexibility index (Phi) is 4.23. The van der Waals surface area contributed by atoms with Crippen molar-refractivity contribution >= 4 is 5.91 Å². The average molecular weight is 285 g/mol. The second-order valence-electron chi connectivity index (χ2n) is 5.42. The predicted octanol–water partition coefficient (Wildman–Crippen LogP) is 1.86. The molecule has 1 amide bonds. The highest BCUT2D eigenvalue weighted by Gasteiger charge is 2.20. The molecule has 2 heterocycles. The van der Waals surface area contributed by atoms with Gasteiger partial charge in [-0.1, -0.05) is 24.5 Å². The van der Waals surface area contributed by atoms with Crippen LogP contribution in [-0.2, 0) is 11.3 Å². The van der Waals surface area contributed by atoms with Crippen LogP contribution >= 0.6 is 0 Å². The first-order chi connectivity index (χ1) is 10.3. The molecule has 1 saturated carbocycles. The van der Waals surface area contributed by atoms with Gasteiger partial charge < -0.3 is 5.32 Å². The molecule has 2 aromatic heterocycles. The number of pyridine rings is 1. The number of carbonyl (C=O) groups is 1. The molecule has 0 aromatic carbocycles. The Morgan fingerprint density at radius 2 is 2.19 bits per heavy atom. The van der Waals surface area contributed by atoms with E-state index in [1.165, 1.54) is 6.42 Å². The molecule has 0 atom stereocenters. The van der Waals surface area contributed by atoms with Crippen LogP contribution in [0.4, 0.5) is 0 Å². The summed E-state index contributed by atoms with van der Waals surface area (Å²) in [5.74, 6) is 0.317. The van der Waals surface area contributed by atoms with E-state index >= 15 is 0 Å². The SMILES string of the molecule is O=C(NCc1cn(-c2cccnc2)nn1)C1CCCCC1. The van der Waals surface area contributed by atoms with Gasteiger partial charge in [0.25, 0.3) is 0 Å². The van der Waals surface area contributed by atoms with Crippen molar-refractivity contribution in [1.82, 2.24) is 25.3 Å². The zero-order chi connectivity index (χ0) is 14.5. The van der Waals surface area contributed by atoms with E-state index in [9.17, 15) is 4.79 Å². The van der Waals surface area contributed by atoms with E-state index in [2.05, 4.69) is 20.6 Å². The molecule has 1 aliphatic carbocycles. The number of hydrogen-bond acceptors (Lipinski definition) is 4. The zero-order valence-corrected chi connectivity index (χ0v) is 11.9. The summed E-state index contributed by atoms with van der Waals surface area (Å²) in [5, 5.41) is 11.1. The van der Waals surface area contributed by atoms with Gasteiger partial charge in [-0.15, -0.1) is 5.10 Å². The zero-order valence-electron chi connectivity index (χ0n) is 11.9. The molecule has 2 aromatic rings. The molecule has 0 saturated heterocycles. The Morgan fingerprint density at radius 3 is 2.95 bits per heavy atom. The number of rotatable bonds is 4. The fourth-order valence-corrected chi connectivity index (χ4v) is 2.68. The van der Waals surface area contributed by atoms with E-state index in [0.29, 0.717) is 6.54 Å². The first kappa shape index (κ1) is 13.7. The van der Waals surface area contributed by atoms with Crippen molar-refractivity contribution in [3.8, 4) is 5.69 Å². The average Bonchev–Trinajstić information content (AvgIpc) is 3.03. The second kappa shape index (κ2) is 6.47. The lowest BCUT2D eigenvalue weighted by atomic mass is 9.89. The highest BCUT2D eigenvalue weighted by Crippen LogP contribution is 2.23. The molecule has 6 nitrogen and oxygen atoms in total. The molecule has 21 heavy (non-hydrogen) atoms. The third kappa shape index (κ3) is 3.45. The van der Waals surface area contributed by atoms with Crippen molar-refractivity contribution < 1.29 is 4.79 Å². The lowest BCUT2D eigenvalue weighted by Gasteiger charge is -2.20. The van der Waals surface area contributed by atoms with Crippen LogP contribution in [0.15, 0.2) is 30.7 Å². The first-order valence-corrected chi connectivity index (χ1v) is 7.42. The van der Waals surface area contributed by atoms with Gasteiger partial charge in [0, 0.05) is 12.1 Å². The van der Waals surface area contributed by atoms with Gasteiger partial charge in [-0.05, 0) is 25.0 Å². The summed E-state index contributed by atoms with van der Waals surface area (Å²) in [5.41, 5.74) is 1.61. The number of nitrogens with one attached hydrogen (secondary N) is 1. The lowest BCUT2D eigenvalue weighted by molar-refractivity contribution is -0.126. The topological polar surface area (TPSA) is 72.7 Å². The van der Waals surface area contributed by atoms with Gasteiger partial charge in [0.1, 0.15) is 5.69 Å². The van der Waals surface area contributed by atoms with E-state index in [4.69, 9.17) is 0 Å². The van der Waals surface area contributed by atoms with Gasteiger partial charge in [0.05, 0.1) is 24.6 Å². The Labute approximate surface area is 123 Å². The maximum Gasteiger partial charge on any atom is 0.223 e. The van der Waals surface area contributed by atoms with Crippen molar-refractivity contribution in [3.63, 3.8) is 0 Å². The highest BCUT2D eigenvalue weighted by molar-refractivity contribution is 5.78. The minimum absolute atomic E-state index is 0.144. The normalized spacial score (nSPS) is 15.8. The van der Waals surface area contributed by atoms with Crippen LogP contribution in [-0.4, -0.2) is 25.9 Å². The molecule has 110 valence electrons. The van der Waals surface area contributed by atoms with Crippen molar-refractivity contribution in [1.29, 1.82) is 0 Å². The highest BCUT2D eigenvalue weighted by atomic mass is 16.1. The van der Waals surface area contributed by atoms with E-state index < -0.39 is 0 Å². The standard InChI is InChI=1S/C15H19N5O/c21-15(12-5-2-1-3-6-12)17-9-13-11-20(19-18-13)14-7-4-8-16-10-14/h4,7-8,10-12H,1-3,5-6,9H2,(H,17,21). The van der Waals surface area contributed by atoms with E-state index in [-0.39, 0.29) is 11.8 Å². The number of nitrogens with zero attached hydrogens (tertiary/aromatic N) is 4. The van der Waals surface area contributed by atoms with Crippen molar-refractivity contribution in [3.05, 3.63) is 36.4 Å². The van der Waals surface area contributed by atoms with Crippen LogP contribution in [0, 0.1) is 5.92 Å². The fourth-order valence-electron chi connectivity index (χ4n) is 2.68. The van der Waals surface area contributed by atoms with Gasteiger partial charge in [-0.2, -0.15) is 0 Å². The molecular formula is C15H19N5O. The van der Waals surface area contributed by atoms with E-state index in [1.54, 1.807) is 17.1 Å². The summed E-state index contributed by atoms with van der Waals surface area (Å²) in [6.07, 6.45) is 10.8. The Morgan fingerprint density at radius 1 is 1.33 bits per heavy atom. The van der Waals surface area contributed by atoms with Crippen LogP contribution in [0.5, 0.6) is 0 Å². The first-order valence-electron chi connectivity index (χ1n) is 7.42. The Hall–Kier alpha value is -2.24. The fraction of sp³-hybridized carbons (Fsp3) is 0.467. The van der Waals surface area contributed by atoms with Gasteiger partial charge in [0.2, 0.25) is 5.91 Å². The molecular weight excluding hydrogens is 266 g/mol. The molecule has 1 fully saturated rings. The van der Waals surface area contributed by atoms with Gasteiger partial charge >= 0.3 is 0 Å². The van der Waals surface area contributed by atoms with Crippen LogP contribution in [0.3, 0.4) is 0 Å². The van der Waals surface area contributed by atoms with Gasteiger partial charge in [0.15, 0.2) is 0 Å². The predicted molar refractivity (Wildman–Crippen MR) is 77.6 cm³/mol. The summed E-state index contributed by atoms with van der Waals surface area (Å²) in [6, 6.07) is 3.76. The summed E-state index contributed by atoms with van der Waals surface area (Å²) < 4.78 is 1.66. The number of carbonyl (C=O) groups excluding carboxylic acids is 1. The smallest absolute Gasteiger partial charge is 0.223 e. The Balaban J connectivity index is 1.56. The van der Waals surface area contributed by atoms with Crippen molar-refractivity contribution in [2.24, 2.45) is 5.92 Å². The van der Waals surface area contributed by atoms with E-state index in [1.807, 2.05) is 18.3 Å². The molecule has 6 heteroatoms. The maximum atomic E-state index is 12.1. The van der Waals surface area contributed by atoms with Crippen LogP contribution in [0.25, 0.3) is 5.69 Å². The molecule has 0 unspecified atom stereocenters. The molecule has 0 radical (unpaired) electrons. The number of amides is 1. The molecule has 0 bridgehead atoms. The number of hydrogen-bond donors (Lipinski definition) is 1. The van der Waals surface area contributed by atoms with Crippen LogP contribution < -0.4 is 5.32 Å². The third-order valence-electron chi connectivity index (χ3n) is 3.87.